The average molecular weight is 427 g/mol. The summed E-state index contributed by atoms with van der Waals surface area (Å²) in [7, 11) is 1.31. The van der Waals surface area contributed by atoms with Gasteiger partial charge < -0.3 is 10.1 Å². The molecule has 0 bridgehead atoms. The fourth-order valence-electron chi connectivity index (χ4n) is 2.79. The SMILES string of the molecule is COc1ccc(/C=C2/SC(=O)N(CC(=O)Nc3cccc(C)c3)C2=O)cc1[N+](=O)[O-]. The number of nitrogens with zero attached hydrogens (tertiary/aromatic N) is 2. The smallest absolute Gasteiger partial charge is 0.311 e. The van der Waals surface area contributed by atoms with Crippen LogP contribution in [0.25, 0.3) is 6.08 Å². The van der Waals surface area contributed by atoms with E-state index in [-0.39, 0.29) is 16.3 Å². The minimum absolute atomic E-state index is 0.0721. The van der Waals surface area contributed by atoms with E-state index in [1.165, 1.54) is 31.4 Å². The number of rotatable bonds is 6. The van der Waals surface area contributed by atoms with Crippen LogP contribution in [-0.2, 0) is 9.59 Å². The van der Waals surface area contributed by atoms with Gasteiger partial charge >= 0.3 is 5.69 Å². The maximum absolute atomic E-state index is 12.6. The predicted octanol–water partition coefficient (Wildman–Crippen LogP) is 3.59. The van der Waals surface area contributed by atoms with Crippen molar-refractivity contribution in [3.05, 3.63) is 68.6 Å². The second kappa shape index (κ2) is 8.78. The number of nitro groups is 1. The van der Waals surface area contributed by atoms with Gasteiger partial charge in [-0.3, -0.25) is 29.4 Å². The lowest BCUT2D eigenvalue weighted by atomic mass is 10.1. The Morgan fingerprint density at radius 2 is 2.03 bits per heavy atom. The second-order valence-electron chi connectivity index (χ2n) is 6.37. The number of nitrogens with one attached hydrogen (secondary N) is 1. The monoisotopic (exact) mass is 427 g/mol. The molecule has 1 saturated heterocycles. The zero-order valence-electron chi connectivity index (χ0n) is 16.1. The summed E-state index contributed by atoms with van der Waals surface area (Å²) in [5, 5.41) is 13.2. The Hall–Kier alpha value is -3.66. The third kappa shape index (κ3) is 4.66. The van der Waals surface area contributed by atoms with E-state index in [9.17, 15) is 24.5 Å². The Morgan fingerprint density at radius 3 is 2.70 bits per heavy atom. The molecule has 1 aliphatic heterocycles. The van der Waals surface area contributed by atoms with E-state index in [0.717, 1.165) is 10.5 Å². The predicted molar refractivity (Wildman–Crippen MR) is 112 cm³/mol. The highest BCUT2D eigenvalue weighted by Gasteiger charge is 2.36. The molecule has 30 heavy (non-hydrogen) atoms. The van der Waals surface area contributed by atoms with Crippen LogP contribution in [0.3, 0.4) is 0 Å². The van der Waals surface area contributed by atoms with Crippen LogP contribution in [0.4, 0.5) is 16.2 Å². The summed E-state index contributed by atoms with van der Waals surface area (Å²) in [5.74, 6) is -1.06. The number of anilines is 1. The number of hydrogen-bond acceptors (Lipinski definition) is 7. The molecule has 0 spiro atoms. The van der Waals surface area contributed by atoms with Gasteiger partial charge in [0.2, 0.25) is 5.91 Å². The molecule has 1 heterocycles. The molecule has 0 unspecified atom stereocenters. The van der Waals surface area contributed by atoms with Crippen LogP contribution in [0.15, 0.2) is 47.4 Å². The van der Waals surface area contributed by atoms with E-state index >= 15 is 0 Å². The number of amides is 3. The Morgan fingerprint density at radius 1 is 1.27 bits per heavy atom. The molecule has 0 saturated carbocycles. The zero-order valence-corrected chi connectivity index (χ0v) is 16.9. The molecule has 1 aliphatic rings. The Bertz CT molecular complexity index is 1080. The molecule has 0 radical (unpaired) electrons. The number of aryl methyl sites for hydroxylation is 1. The number of methoxy groups -OCH3 is 1. The zero-order chi connectivity index (χ0) is 21.8. The van der Waals surface area contributed by atoms with Crippen LogP contribution in [0.2, 0.25) is 0 Å². The summed E-state index contributed by atoms with van der Waals surface area (Å²) in [6, 6.07) is 11.3. The van der Waals surface area contributed by atoms with Crippen LogP contribution < -0.4 is 10.1 Å². The largest absolute Gasteiger partial charge is 0.490 e. The summed E-state index contributed by atoms with van der Waals surface area (Å²) in [5.41, 5.74) is 1.61. The van der Waals surface area contributed by atoms with E-state index in [1.807, 2.05) is 13.0 Å². The van der Waals surface area contributed by atoms with Crippen LogP contribution >= 0.6 is 11.8 Å². The number of benzene rings is 2. The van der Waals surface area contributed by atoms with Crippen LogP contribution in [-0.4, -0.2) is 40.5 Å². The molecule has 2 aromatic rings. The molecule has 1 N–H and O–H groups in total. The number of hydrogen-bond donors (Lipinski definition) is 1. The van der Waals surface area contributed by atoms with Gasteiger partial charge in [-0.15, -0.1) is 0 Å². The van der Waals surface area contributed by atoms with Crippen molar-refractivity contribution in [1.82, 2.24) is 4.90 Å². The maximum atomic E-state index is 12.6. The molecule has 1 fully saturated rings. The summed E-state index contributed by atoms with van der Waals surface area (Å²) >= 11 is 0.669. The minimum atomic E-state index is -0.636. The molecule has 0 aromatic heterocycles. The third-order valence-corrected chi connectivity index (χ3v) is 5.08. The molecule has 3 rings (SSSR count). The van der Waals surface area contributed by atoms with E-state index in [4.69, 9.17) is 4.74 Å². The first-order valence-corrected chi connectivity index (χ1v) is 9.54. The maximum Gasteiger partial charge on any atom is 0.311 e. The number of carbonyl (C=O) groups excluding carboxylic acids is 3. The lowest BCUT2D eigenvalue weighted by molar-refractivity contribution is -0.385. The second-order valence-corrected chi connectivity index (χ2v) is 7.37. The van der Waals surface area contributed by atoms with Gasteiger partial charge in [0.15, 0.2) is 5.75 Å². The Kier molecular flexibility index (Phi) is 6.17. The quantitative estimate of drug-likeness (QED) is 0.425. The summed E-state index contributed by atoms with van der Waals surface area (Å²) in [6.45, 7) is 1.44. The molecule has 10 heteroatoms. The first kappa shape index (κ1) is 21.1. The molecular formula is C20H17N3O6S. The van der Waals surface area contributed by atoms with Crippen molar-refractivity contribution >= 4 is 46.3 Å². The highest BCUT2D eigenvalue weighted by molar-refractivity contribution is 8.18. The van der Waals surface area contributed by atoms with Gasteiger partial charge in [0.1, 0.15) is 6.54 Å². The van der Waals surface area contributed by atoms with E-state index in [1.54, 1.807) is 18.2 Å². The number of thioether (sulfide) groups is 1. The first-order valence-electron chi connectivity index (χ1n) is 8.73. The van der Waals surface area contributed by atoms with Gasteiger partial charge in [-0.1, -0.05) is 18.2 Å². The molecule has 3 amide bonds. The van der Waals surface area contributed by atoms with Crippen LogP contribution in [0, 0.1) is 17.0 Å². The lowest BCUT2D eigenvalue weighted by Crippen LogP contribution is -2.36. The van der Waals surface area contributed by atoms with Crippen LogP contribution in [0.1, 0.15) is 11.1 Å². The number of nitro benzene ring substituents is 1. The fraction of sp³-hybridized carbons (Fsp3) is 0.150. The Balaban J connectivity index is 1.75. The van der Waals surface area contributed by atoms with Gasteiger partial charge in [0, 0.05) is 11.8 Å². The Labute approximate surface area is 175 Å². The van der Waals surface area contributed by atoms with E-state index in [0.29, 0.717) is 23.0 Å². The van der Waals surface area contributed by atoms with Crippen molar-refractivity contribution < 1.29 is 24.0 Å². The third-order valence-electron chi connectivity index (χ3n) is 4.17. The van der Waals surface area contributed by atoms with Gasteiger partial charge in [-0.2, -0.15) is 0 Å². The highest BCUT2D eigenvalue weighted by atomic mass is 32.2. The van der Waals surface area contributed by atoms with Crippen molar-refractivity contribution in [3.8, 4) is 5.75 Å². The molecular weight excluding hydrogens is 410 g/mol. The summed E-state index contributed by atoms with van der Waals surface area (Å²) in [4.78, 5) is 48.5. The molecule has 9 nitrogen and oxygen atoms in total. The number of carbonyl (C=O) groups is 3. The topological polar surface area (TPSA) is 119 Å². The van der Waals surface area contributed by atoms with Crippen molar-refractivity contribution in [1.29, 1.82) is 0 Å². The molecule has 154 valence electrons. The number of imide groups is 1. The van der Waals surface area contributed by atoms with Gasteiger partial charge in [0.05, 0.1) is 16.9 Å². The van der Waals surface area contributed by atoms with Crippen molar-refractivity contribution in [2.45, 2.75) is 6.92 Å². The van der Waals surface area contributed by atoms with E-state index < -0.39 is 28.5 Å². The minimum Gasteiger partial charge on any atom is -0.490 e. The molecule has 2 aromatic carbocycles. The number of ether oxygens (including phenoxy) is 1. The lowest BCUT2D eigenvalue weighted by Gasteiger charge is -2.12. The van der Waals surface area contributed by atoms with Crippen molar-refractivity contribution in [3.63, 3.8) is 0 Å². The fourth-order valence-corrected chi connectivity index (χ4v) is 3.63. The average Bonchev–Trinajstić information content (AvgIpc) is 2.95. The highest BCUT2D eigenvalue weighted by Crippen LogP contribution is 2.34. The summed E-state index contributed by atoms with van der Waals surface area (Å²) in [6.07, 6.45) is 1.37. The standard InChI is InChI=1S/C20H17N3O6S/c1-12-4-3-5-14(8-12)21-18(24)11-22-19(25)17(30-20(22)26)10-13-6-7-16(29-2)15(9-13)23(27)28/h3-10H,11H2,1-2H3,(H,21,24)/b17-10+. The summed E-state index contributed by atoms with van der Waals surface area (Å²) < 4.78 is 4.95. The van der Waals surface area contributed by atoms with Gasteiger partial charge in [-0.05, 0) is 54.1 Å². The first-order chi connectivity index (χ1) is 14.3. The molecule has 0 aliphatic carbocycles. The normalized spacial score (nSPS) is 14.9. The van der Waals surface area contributed by atoms with Gasteiger partial charge in [0.25, 0.3) is 11.1 Å². The van der Waals surface area contributed by atoms with E-state index in [2.05, 4.69) is 5.32 Å². The van der Waals surface area contributed by atoms with Crippen molar-refractivity contribution in [2.75, 3.05) is 19.0 Å². The van der Waals surface area contributed by atoms with Crippen molar-refractivity contribution in [2.24, 2.45) is 0 Å². The van der Waals surface area contributed by atoms with Crippen LogP contribution in [0.5, 0.6) is 5.75 Å². The van der Waals surface area contributed by atoms with Gasteiger partial charge in [-0.25, -0.2) is 0 Å². The molecule has 0 atom stereocenters.